The summed E-state index contributed by atoms with van der Waals surface area (Å²) in [6, 6.07) is 0. The molecule has 0 N–H and O–H groups in total. The standard InChI is InChI=1S/C11H20O/c1-3-5-9-7-11(12)8-10(9)6-4-2/h9-10H,3-8H2,1-2H3/t9-,10-/m1/s1. The van der Waals surface area contributed by atoms with Gasteiger partial charge in [-0.2, -0.15) is 0 Å². The van der Waals surface area contributed by atoms with Crippen LogP contribution in [0.3, 0.4) is 0 Å². The fourth-order valence-corrected chi connectivity index (χ4v) is 2.42. The lowest BCUT2D eigenvalue weighted by molar-refractivity contribution is -0.117. The van der Waals surface area contributed by atoms with E-state index in [0.29, 0.717) is 5.78 Å². The quantitative estimate of drug-likeness (QED) is 0.630. The summed E-state index contributed by atoms with van der Waals surface area (Å²) in [5.41, 5.74) is 0. The molecule has 0 spiro atoms. The summed E-state index contributed by atoms with van der Waals surface area (Å²) in [7, 11) is 0. The van der Waals surface area contributed by atoms with Crippen molar-refractivity contribution in [3.63, 3.8) is 0 Å². The third-order valence-corrected chi connectivity index (χ3v) is 2.97. The van der Waals surface area contributed by atoms with E-state index in [-0.39, 0.29) is 0 Å². The number of rotatable bonds is 4. The maximum absolute atomic E-state index is 11.2. The van der Waals surface area contributed by atoms with E-state index in [0.717, 1.165) is 24.7 Å². The van der Waals surface area contributed by atoms with E-state index in [1.165, 1.54) is 25.7 Å². The molecule has 0 aromatic rings. The van der Waals surface area contributed by atoms with Crippen molar-refractivity contribution in [1.82, 2.24) is 0 Å². The van der Waals surface area contributed by atoms with Crippen molar-refractivity contribution in [2.24, 2.45) is 11.8 Å². The monoisotopic (exact) mass is 168 g/mol. The Morgan fingerprint density at radius 1 is 1.08 bits per heavy atom. The topological polar surface area (TPSA) is 17.1 Å². The summed E-state index contributed by atoms with van der Waals surface area (Å²) in [6.45, 7) is 4.43. The van der Waals surface area contributed by atoms with Gasteiger partial charge in [0.15, 0.2) is 0 Å². The molecule has 2 atom stereocenters. The van der Waals surface area contributed by atoms with Crippen molar-refractivity contribution in [3.8, 4) is 0 Å². The molecule has 12 heavy (non-hydrogen) atoms. The Morgan fingerprint density at radius 2 is 1.50 bits per heavy atom. The number of ketones is 1. The molecule has 0 aromatic heterocycles. The van der Waals surface area contributed by atoms with E-state index in [4.69, 9.17) is 0 Å². The highest BCUT2D eigenvalue weighted by Gasteiger charge is 2.30. The highest BCUT2D eigenvalue weighted by atomic mass is 16.1. The molecule has 0 aliphatic heterocycles. The first kappa shape index (κ1) is 9.76. The van der Waals surface area contributed by atoms with Gasteiger partial charge < -0.3 is 0 Å². The lowest BCUT2D eigenvalue weighted by Gasteiger charge is -2.16. The van der Waals surface area contributed by atoms with Gasteiger partial charge in [0, 0.05) is 12.8 Å². The largest absolute Gasteiger partial charge is 0.300 e. The fourth-order valence-electron chi connectivity index (χ4n) is 2.42. The first-order valence-corrected chi connectivity index (χ1v) is 5.29. The number of Topliss-reactive ketones (excluding diaryl/α,β-unsaturated/α-hetero) is 1. The van der Waals surface area contributed by atoms with E-state index in [1.807, 2.05) is 0 Å². The highest BCUT2D eigenvalue weighted by molar-refractivity contribution is 5.81. The van der Waals surface area contributed by atoms with E-state index < -0.39 is 0 Å². The van der Waals surface area contributed by atoms with Gasteiger partial charge in [-0.05, 0) is 11.8 Å². The minimum atomic E-state index is 0.506. The third kappa shape index (κ3) is 2.33. The summed E-state index contributed by atoms with van der Waals surface area (Å²) >= 11 is 0. The normalized spacial score (nSPS) is 29.7. The van der Waals surface area contributed by atoms with E-state index in [1.54, 1.807) is 0 Å². The minimum Gasteiger partial charge on any atom is -0.300 e. The summed E-state index contributed by atoms with van der Waals surface area (Å²) in [5, 5.41) is 0. The SMILES string of the molecule is CCC[C@@H]1CC(=O)C[C@H]1CCC. The van der Waals surface area contributed by atoms with Crippen LogP contribution in [0.1, 0.15) is 52.4 Å². The predicted octanol–water partition coefficient (Wildman–Crippen LogP) is 3.18. The van der Waals surface area contributed by atoms with Gasteiger partial charge in [-0.15, -0.1) is 0 Å². The van der Waals surface area contributed by atoms with E-state index in [9.17, 15) is 4.79 Å². The number of hydrogen-bond donors (Lipinski definition) is 0. The van der Waals surface area contributed by atoms with Gasteiger partial charge in [0.1, 0.15) is 5.78 Å². The van der Waals surface area contributed by atoms with Crippen LogP contribution >= 0.6 is 0 Å². The molecule has 1 aliphatic rings. The van der Waals surface area contributed by atoms with Crippen LogP contribution in [0.15, 0.2) is 0 Å². The van der Waals surface area contributed by atoms with Crippen LogP contribution in [0.5, 0.6) is 0 Å². The van der Waals surface area contributed by atoms with Crippen LogP contribution in [0, 0.1) is 11.8 Å². The Kier molecular flexibility index (Phi) is 3.77. The van der Waals surface area contributed by atoms with Gasteiger partial charge >= 0.3 is 0 Å². The zero-order chi connectivity index (χ0) is 8.97. The molecule has 0 radical (unpaired) electrons. The van der Waals surface area contributed by atoms with Crippen molar-refractivity contribution < 1.29 is 4.79 Å². The molecule has 0 bridgehead atoms. The van der Waals surface area contributed by atoms with Crippen molar-refractivity contribution in [1.29, 1.82) is 0 Å². The summed E-state index contributed by atoms with van der Waals surface area (Å²) in [6.07, 6.45) is 6.74. The predicted molar refractivity (Wildman–Crippen MR) is 51.0 cm³/mol. The van der Waals surface area contributed by atoms with Gasteiger partial charge in [0.25, 0.3) is 0 Å². The molecule has 1 saturated carbocycles. The second kappa shape index (κ2) is 4.64. The number of hydrogen-bond acceptors (Lipinski definition) is 1. The molecular formula is C11H20O. The van der Waals surface area contributed by atoms with Crippen molar-refractivity contribution in [2.45, 2.75) is 52.4 Å². The molecule has 1 fully saturated rings. The molecule has 1 aliphatic carbocycles. The highest BCUT2D eigenvalue weighted by Crippen LogP contribution is 2.35. The Balaban J connectivity index is 2.41. The molecule has 0 aromatic carbocycles. The molecule has 1 rings (SSSR count). The van der Waals surface area contributed by atoms with E-state index >= 15 is 0 Å². The van der Waals surface area contributed by atoms with Gasteiger partial charge in [0.2, 0.25) is 0 Å². The molecule has 0 unspecified atom stereocenters. The first-order chi connectivity index (χ1) is 5.77. The molecule has 1 nitrogen and oxygen atoms in total. The van der Waals surface area contributed by atoms with Gasteiger partial charge in [-0.3, -0.25) is 4.79 Å². The minimum absolute atomic E-state index is 0.506. The van der Waals surface area contributed by atoms with Crippen LogP contribution in [-0.2, 0) is 4.79 Å². The summed E-state index contributed by atoms with van der Waals surface area (Å²) < 4.78 is 0. The fraction of sp³-hybridized carbons (Fsp3) is 0.909. The lowest BCUT2D eigenvalue weighted by Crippen LogP contribution is -2.06. The summed E-state index contributed by atoms with van der Waals surface area (Å²) in [4.78, 5) is 11.2. The van der Waals surface area contributed by atoms with Gasteiger partial charge in [-0.25, -0.2) is 0 Å². The lowest BCUT2D eigenvalue weighted by atomic mass is 9.89. The molecule has 70 valence electrons. The smallest absolute Gasteiger partial charge is 0.133 e. The van der Waals surface area contributed by atoms with Gasteiger partial charge in [-0.1, -0.05) is 39.5 Å². The second-order valence-corrected chi connectivity index (χ2v) is 4.04. The number of carbonyl (C=O) groups is 1. The van der Waals surface area contributed by atoms with Crippen molar-refractivity contribution in [3.05, 3.63) is 0 Å². The molecular weight excluding hydrogens is 148 g/mol. The Bertz CT molecular complexity index is 135. The molecule has 1 heteroatoms. The van der Waals surface area contributed by atoms with Crippen LogP contribution in [0.25, 0.3) is 0 Å². The van der Waals surface area contributed by atoms with Gasteiger partial charge in [0.05, 0.1) is 0 Å². The van der Waals surface area contributed by atoms with Crippen LogP contribution < -0.4 is 0 Å². The van der Waals surface area contributed by atoms with Crippen molar-refractivity contribution >= 4 is 5.78 Å². The maximum atomic E-state index is 11.2. The Labute approximate surface area is 75.5 Å². The Morgan fingerprint density at radius 3 is 1.83 bits per heavy atom. The zero-order valence-corrected chi connectivity index (χ0v) is 8.31. The molecule has 0 amide bonds. The molecule has 0 heterocycles. The zero-order valence-electron chi connectivity index (χ0n) is 8.31. The third-order valence-electron chi connectivity index (χ3n) is 2.97. The van der Waals surface area contributed by atoms with Crippen LogP contribution in [-0.4, -0.2) is 5.78 Å². The maximum Gasteiger partial charge on any atom is 0.133 e. The average Bonchev–Trinajstić information content (AvgIpc) is 2.33. The molecule has 0 saturated heterocycles. The van der Waals surface area contributed by atoms with Crippen molar-refractivity contribution in [2.75, 3.05) is 0 Å². The average molecular weight is 168 g/mol. The second-order valence-electron chi connectivity index (χ2n) is 4.04. The number of carbonyl (C=O) groups excluding carboxylic acids is 1. The first-order valence-electron chi connectivity index (χ1n) is 5.29. The summed E-state index contributed by atoms with van der Waals surface area (Å²) in [5.74, 6) is 1.96. The Hall–Kier alpha value is -0.330. The van der Waals surface area contributed by atoms with Crippen LogP contribution in [0.4, 0.5) is 0 Å². The van der Waals surface area contributed by atoms with E-state index in [2.05, 4.69) is 13.8 Å². The van der Waals surface area contributed by atoms with Crippen LogP contribution in [0.2, 0.25) is 0 Å².